The maximum Gasteiger partial charge on any atom is 0.330 e. The largest absolute Gasteiger partial charge is 0.352 e. The summed E-state index contributed by atoms with van der Waals surface area (Å²) in [6.07, 6.45) is 4.74. The molecule has 0 aliphatic heterocycles. The summed E-state index contributed by atoms with van der Waals surface area (Å²) in [4.78, 5) is 26.5. The Hall–Kier alpha value is -2.44. The molecule has 0 atom stereocenters. The van der Waals surface area contributed by atoms with Crippen LogP contribution < -0.4 is 11.0 Å². The Morgan fingerprint density at radius 3 is 2.76 bits per heavy atom. The van der Waals surface area contributed by atoms with Gasteiger partial charge in [-0.2, -0.15) is 0 Å². The lowest BCUT2D eigenvalue weighted by Gasteiger charge is -2.28. The lowest BCUT2D eigenvalue weighted by molar-refractivity contribution is -0.0464. The highest BCUT2D eigenvalue weighted by atomic mass is 19.3. The fourth-order valence-electron chi connectivity index (χ4n) is 3.20. The first-order valence-corrected chi connectivity index (χ1v) is 8.47. The third-order valence-electron chi connectivity index (χ3n) is 4.71. The lowest BCUT2D eigenvalue weighted by Crippen LogP contribution is -2.29. The number of amides is 1. The van der Waals surface area contributed by atoms with Crippen LogP contribution in [0.1, 0.15) is 42.5 Å². The van der Waals surface area contributed by atoms with Crippen molar-refractivity contribution in [3.05, 3.63) is 52.7 Å². The van der Waals surface area contributed by atoms with Crippen LogP contribution in [0.15, 0.2) is 41.5 Å². The third-order valence-corrected chi connectivity index (χ3v) is 4.71. The van der Waals surface area contributed by atoms with Crippen molar-refractivity contribution < 1.29 is 13.6 Å². The Morgan fingerprint density at radius 2 is 2.08 bits per heavy atom. The number of H-pyrrole nitrogens is 1. The number of hydrogen-bond acceptors (Lipinski definition) is 2. The van der Waals surface area contributed by atoms with Crippen LogP contribution in [0.4, 0.5) is 8.78 Å². The number of nitrogens with zero attached hydrogens (tertiary/aromatic N) is 1. The van der Waals surface area contributed by atoms with Crippen molar-refractivity contribution in [1.29, 1.82) is 0 Å². The van der Waals surface area contributed by atoms with Crippen molar-refractivity contribution in [2.24, 2.45) is 5.92 Å². The van der Waals surface area contributed by atoms with Gasteiger partial charge in [0, 0.05) is 37.3 Å². The topological polar surface area (TPSA) is 66.9 Å². The van der Waals surface area contributed by atoms with Crippen LogP contribution in [0.2, 0.25) is 0 Å². The van der Waals surface area contributed by atoms with E-state index in [1.165, 1.54) is 10.8 Å². The molecule has 3 rings (SSSR count). The van der Waals surface area contributed by atoms with Gasteiger partial charge in [-0.1, -0.05) is 6.07 Å². The number of alkyl halides is 2. The standard InChI is InChI=1S/C18H21F2N3O2/c19-18(20)7-4-13(5-8-18)6-9-21-16(24)14-2-1-3-15(12-14)23-11-10-22-17(23)25/h1-3,10-13H,4-9H2,(H,21,24)(H,22,25). The SMILES string of the molecule is O=C(NCCC1CCC(F)(F)CC1)c1cccc(-n2cc[nH]c2=O)c1. The highest BCUT2D eigenvalue weighted by molar-refractivity contribution is 5.94. The van der Waals surface area contributed by atoms with E-state index in [-0.39, 0.29) is 30.4 Å². The molecule has 1 aliphatic rings. The molecule has 1 aliphatic carbocycles. The van der Waals surface area contributed by atoms with E-state index in [4.69, 9.17) is 0 Å². The molecule has 1 aromatic carbocycles. The van der Waals surface area contributed by atoms with Crippen LogP contribution in [0.5, 0.6) is 0 Å². The molecular weight excluding hydrogens is 328 g/mol. The fourth-order valence-corrected chi connectivity index (χ4v) is 3.20. The zero-order valence-electron chi connectivity index (χ0n) is 13.8. The van der Waals surface area contributed by atoms with Gasteiger partial charge in [-0.05, 0) is 43.4 Å². The van der Waals surface area contributed by atoms with Gasteiger partial charge in [0.05, 0.1) is 5.69 Å². The first-order valence-electron chi connectivity index (χ1n) is 8.47. The van der Waals surface area contributed by atoms with Crippen LogP contribution in [-0.4, -0.2) is 27.9 Å². The first-order chi connectivity index (χ1) is 11.9. The molecule has 1 heterocycles. The number of hydrogen-bond donors (Lipinski definition) is 2. The Morgan fingerprint density at radius 1 is 1.32 bits per heavy atom. The molecule has 1 fully saturated rings. The van der Waals surface area contributed by atoms with E-state index in [1.807, 2.05) is 0 Å². The van der Waals surface area contributed by atoms with Crippen molar-refractivity contribution in [3.63, 3.8) is 0 Å². The predicted molar refractivity (Wildman–Crippen MR) is 90.2 cm³/mol. The summed E-state index contributed by atoms with van der Waals surface area (Å²) in [5, 5.41) is 2.83. The van der Waals surface area contributed by atoms with Gasteiger partial charge >= 0.3 is 5.69 Å². The number of halogens is 2. The molecule has 2 aromatic rings. The number of rotatable bonds is 5. The molecule has 0 saturated heterocycles. The van der Waals surface area contributed by atoms with Crippen LogP contribution in [0.25, 0.3) is 5.69 Å². The molecule has 0 spiro atoms. The molecule has 1 aromatic heterocycles. The van der Waals surface area contributed by atoms with Gasteiger partial charge < -0.3 is 10.3 Å². The van der Waals surface area contributed by atoms with Gasteiger partial charge in [0.2, 0.25) is 5.92 Å². The number of aromatic amines is 1. The molecular formula is C18H21F2N3O2. The second-order valence-corrected chi connectivity index (χ2v) is 6.53. The van der Waals surface area contributed by atoms with Gasteiger partial charge in [-0.15, -0.1) is 0 Å². The summed E-state index contributed by atoms with van der Waals surface area (Å²) in [6.45, 7) is 0.462. The quantitative estimate of drug-likeness (QED) is 0.871. The van der Waals surface area contributed by atoms with E-state index in [1.54, 1.807) is 30.5 Å². The maximum absolute atomic E-state index is 13.1. The minimum absolute atomic E-state index is 0.0565. The summed E-state index contributed by atoms with van der Waals surface area (Å²) in [5.74, 6) is -2.51. The van der Waals surface area contributed by atoms with Crippen LogP contribution in [0.3, 0.4) is 0 Å². The number of nitrogens with one attached hydrogen (secondary N) is 2. The molecule has 5 nitrogen and oxygen atoms in total. The van der Waals surface area contributed by atoms with E-state index in [0.717, 1.165) is 0 Å². The van der Waals surface area contributed by atoms with Gasteiger partial charge in [0.1, 0.15) is 0 Å². The Kier molecular flexibility index (Phi) is 5.01. The van der Waals surface area contributed by atoms with Gasteiger partial charge in [-0.25, -0.2) is 13.6 Å². The molecule has 0 unspecified atom stereocenters. The summed E-state index contributed by atoms with van der Waals surface area (Å²) in [7, 11) is 0. The Labute approximate surface area is 144 Å². The van der Waals surface area contributed by atoms with E-state index in [2.05, 4.69) is 10.3 Å². The molecule has 2 N–H and O–H groups in total. The predicted octanol–water partition coefficient (Wildman–Crippen LogP) is 3.11. The highest BCUT2D eigenvalue weighted by Crippen LogP contribution is 2.37. The monoisotopic (exact) mass is 349 g/mol. The summed E-state index contributed by atoms with van der Waals surface area (Å²) in [5.41, 5.74) is 0.792. The van der Waals surface area contributed by atoms with Crippen molar-refractivity contribution in [2.75, 3.05) is 6.54 Å². The van der Waals surface area contributed by atoms with E-state index >= 15 is 0 Å². The van der Waals surface area contributed by atoms with E-state index in [0.29, 0.717) is 37.1 Å². The van der Waals surface area contributed by atoms with E-state index < -0.39 is 5.92 Å². The lowest BCUT2D eigenvalue weighted by atomic mass is 9.85. The number of aromatic nitrogens is 2. The van der Waals surface area contributed by atoms with Crippen LogP contribution in [-0.2, 0) is 0 Å². The second-order valence-electron chi connectivity index (χ2n) is 6.53. The molecule has 7 heteroatoms. The molecule has 1 amide bonds. The number of imidazole rings is 1. The second kappa shape index (κ2) is 7.21. The zero-order chi connectivity index (χ0) is 17.9. The summed E-state index contributed by atoms with van der Waals surface area (Å²) < 4.78 is 27.7. The van der Waals surface area contributed by atoms with Gasteiger partial charge in [-0.3, -0.25) is 9.36 Å². The molecule has 0 radical (unpaired) electrons. The van der Waals surface area contributed by atoms with Crippen molar-refractivity contribution in [3.8, 4) is 5.69 Å². The van der Waals surface area contributed by atoms with Crippen molar-refractivity contribution in [2.45, 2.75) is 38.0 Å². The number of carbonyl (C=O) groups excluding carboxylic acids is 1. The summed E-state index contributed by atoms with van der Waals surface area (Å²) in [6, 6.07) is 6.78. The van der Waals surface area contributed by atoms with Crippen LogP contribution >= 0.6 is 0 Å². The molecule has 25 heavy (non-hydrogen) atoms. The number of carbonyl (C=O) groups is 1. The van der Waals surface area contributed by atoms with Gasteiger partial charge in [0.25, 0.3) is 5.91 Å². The molecule has 0 bridgehead atoms. The van der Waals surface area contributed by atoms with Crippen molar-refractivity contribution >= 4 is 5.91 Å². The average molecular weight is 349 g/mol. The normalized spacial score (nSPS) is 17.4. The fraction of sp³-hybridized carbons (Fsp3) is 0.444. The van der Waals surface area contributed by atoms with Gasteiger partial charge in [0.15, 0.2) is 0 Å². The van der Waals surface area contributed by atoms with E-state index in [9.17, 15) is 18.4 Å². The van der Waals surface area contributed by atoms with Crippen molar-refractivity contribution in [1.82, 2.24) is 14.9 Å². The number of benzene rings is 1. The third kappa shape index (κ3) is 4.35. The minimum Gasteiger partial charge on any atom is -0.352 e. The maximum atomic E-state index is 13.1. The zero-order valence-corrected chi connectivity index (χ0v) is 13.8. The Bertz CT molecular complexity index is 787. The average Bonchev–Trinajstić information content (AvgIpc) is 3.02. The smallest absolute Gasteiger partial charge is 0.330 e. The molecule has 134 valence electrons. The first kappa shape index (κ1) is 17.4. The summed E-state index contributed by atoms with van der Waals surface area (Å²) >= 11 is 0. The minimum atomic E-state index is -2.52. The Balaban J connectivity index is 1.54. The highest BCUT2D eigenvalue weighted by Gasteiger charge is 2.34. The van der Waals surface area contributed by atoms with Crippen LogP contribution in [0, 0.1) is 5.92 Å². The molecule has 1 saturated carbocycles.